The van der Waals surface area contributed by atoms with Crippen molar-refractivity contribution < 1.29 is 22.8 Å². The normalized spacial score (nSPS) is 23.3. The highest BCUT2D eigenvalue weighted by Crippen LogP contribution is 2.14. The third-order valence-electron chi connectivity index (χ3n) is 1.89. The van der Waals surface area contributed by atoms with Gasteiger partial charge in [-0.15, -0.1) is 0 Å². The van der Waals surface area contributed by atoms with Gasteiger partial charge in [-0.25, -0.2) is 0 Å². The van der Waals surface area contributed by atoms with E-state index in [1.165, 1.54) is 4.90 Å². The molecule has 14 heavy (non-hydrogen) atoms. The van der Waals surface area contributed by atoms with E-state index in [0.717, 1.165) is 0 Å². The first-order valence-corrected chi connectivity index (χ1v) is 4.09. The lowest BCUT2D eigenvalue weighted by Gasteiger charge is -2.13. The highest BCUT2D eigenvalue weighted by atomic mass is 19.4. The van der Waals surface area contributed by atoms with E-state index in [1.54, 1.807) is 7.05 Å². The van der Waals surface area contributed by atoms with Crippen molar-refractivity contribution in [2.45, 2.75) is 18.6 Å². The van der Waals surface area contributed by atoms with Gasteiger partial charge in [-0.2, -0.15) is 18.7 Å². The van der Waals surface area contributed by atoms with Crippen LogP contribution < -0.4 is 5.48 Å². The Hall–Kier alpha value is -0.820. The molecule has 1 N–H and O–H groups in total. The number of nitrogens with zero attached hydrogens (tertiary/aromatic N) is 1. The van der Waals surface area contributed by atoms with Crippen LogP contribution in [0.25, 0.3) is 0 Å². The molecule has 82 valence electrons. The highest BCUT2D eigenvalue weighted by molar-refractivity contribution is 5.83. The van der Waals surface area contributed by atoms with Gasteiger partial charge in [0.05, 0.1) is 0 Å². The first kappa shape index (κ1) is 11.3. The van der Waals surface area contributed by atoms with Gasteiger partial charge in [-0.3, -0.25) is 9.63 Å². The minimum atomic E-state index is -4.37. The van der Waals surface area contributed by atoms with E-state index in [0.29, 0.717) is 13.0 Å². The van der Waals surface area contributed by atoms with E-state index in [4.69, 9.17) is 0 Å². The fourth-order valence-corrected chi connectivity index (χ4v) is 1.16. The van der Waals surface area contributed by atoms with Crippen molar-refractivity contribution in [1.29, 1.82) is 0 Å². The molecule has 0 saturated carbocycles. The van der Waals surface area contributed by atoms with Crippen molar-refractivity contribution in [3.63, 3.8) is 0 Å². The van der Waals surface area contributed by atoms with Gasteiger partial charge in [0.25, 0.3) is 0 Å². The third kappa shape index (κ3) is 3.15. The lowest BCUT2D eigenvalue weighted by atomic mass is 10.3. The molecule has 0 radical (unpaired) electrons. The smallest absolute Gasteiger partial charge is 0.344 e. The van der Waals surface area contributed by atoms with Crippen molar-refractivity contribution in [3.8, 4) is 0 Å². The standard InChI is InChI=1S/C7H11F3N2O2/c1-12-3-2-5(6(12)13)11-14-4-7(8,9)10/h5,11H,2-4H2,1H3. The highest BCUT2D eigenvalue weighted by Gasteiger charge is 2.32. The SMILES string of the molecule is CN1CCC(NOCC(F)(F)F)C1=O. The summed E-state index contributed by atoms with van der Waals surface area (Å²) in [5.41, 5.74) is 2.11. The zero-order valence-electron chi connectivity index (χ0n) is 7.60. The van der Waals surface area contributed by atoms with E-state index in [1.807, 2.05) is 0 Å². The van der Waals surface area contributed by atoms with E-state index < -0.39 is 18.8 Å². The maximum absolute atomic E-state index is 11.6. The Bertz CT molecular complexity index is 219. The molecule has 1 fully saturated rings. The lowest BCUT2D eigenvalue weighted by molar-refractivity contribution is -0.193. The van der Waals surface area contributed by atoms with Crippen LogP contribution in [-0.4, -0.2) is 43.2 Å². The zero-order valence-corrected chi connectivity index (χ0v) is 7.60. The third-order valence-corrected chi connectivity index (χ3v) is 1.89. The molecular formula is C7H11F3N2O2. The summed E-state index contributed by atoms with van der Waals surface area (Å²) in [6, 6.07) is -0.651. The van der Waals surface area contributed by atoms with Gasteiger partial charge in [0.1, 0.15) is 6.04 Å². The van der Waals surface area contributed by atoms with E-state index in [-0.39, 0.29) is 5.91 Å². The average Bonchev–Trinajstić information content (AvgIpc) is 2.33. The first-order valence-electron chi connectivity index (χ1n) is 4.09. The average molecular weight is 212 g/mol. The van der Waals surface area contributed by atoms with Crippen LogP contribution in [0.4, 0.5) is 13.2 Å². The maximum atomic E-state index is 11.6. The summed E-state index contributed by atoms with van der Waals surface area (Å²) in [5.74, 6) is -0.243. The van der Waals surface area contributed by atoms with Gasteiger partial charge in [-0.1, -0.05) is 0 Å². The Morgan fingerprint density at radius 1 is 1.64 bits per heavy atom. The van der Waals surface area contributed by atoms with Crippen LogP contribution in [0, 0.1) is 0 Å². The molecule has 7 heteroatoms. The van der Waals surface area contributed by atoms with Crippen LogP contribution in [0.1, 0.15) is 6.42 Å². The van der Waals surface area contributed by atoms with Gasteiger partial charge in [0.2, 0.25) is 5.91 Å². The number of hydroxylamine groups is 1. The largest absolute Gasteiger partial charge is 0.413 e. The van der Waals surface area contributed by atoms with Crippen molar-refractivity contribution in [2.75, 3.05) is 20.2 Å². The number of nitrogens with one attached hydrogen (secondary N) is 1. The summed E-state index contributed by atoms with van der Waals surface area (Å²) in [5, 5.41) is 0. The predicted molar refractivity (Wildman–Crippen MR) is 41.2 cm³/mol. The molecule has 1 rings (SSSR count). The second-order valence-corrected chi connectivity index (χ2v) is 3.12. The summed E-state index contributed by atoms with van der Waals surface area (Å²) in [7, 11) is 1.59. The molecule has 0 bridgehead atoms. The Morgan fingerprint density at radius 3 is 2.71 bits per heavy atom. The molecular weight excluding hydrogens is 201 g/mol. The Labute approximate surface area is 79.0 Å². The number of rotatable bonds is 3. The van der Waals surface area contributed by atoms with E-state index in [9.17, 15) is 18.0 Å². The molecule has 1 heterocycles. The molecule has 1 aliphatic rings. The molecule has 1 saturated heterocycles. The molecule has 4 nitrogen and oxygen atoms in total. The van der Waals surface area contributed by atoms with Crippen molar-refractivity contribution >= 4 is 5.91 Å². The zero-order chi connectivity index (χ0) is 10.8. The fourth-order valence-electron chi connectivity index (χ4n) is 1.16. The van der Waals surface area contributed by atoms with Crippen LogP contribution in [0.2, 0.25) is 0 Å². The first-order chi connectivity index (χ1) is 6.40. The molecule has 0 spiro atoms. The Balaban J connectivity index is 2.23. The van der Waals surface area contributed by atoms with Gasteiger partial charge >= 0.3 is 6.18 Å². The van der Waals surface area contributed by atoms with Crippen LogP contribution in [-0.2, 0) is 9.63 Å². The van der Waals surface area contributed by atoms with Gasteiger partial charge in [-0.05, 0) is 6.42 Å². The molecule has 1 amide bonds. The van der Waals surface area contributed by atoms with Crippen LogP contribution in [0.3, 0.4) is 0 Å². The van der Waals surface area contributed by atoms with Crippen molar-refractivity contribution in [2.24, 2.45) is 0 Å². The number of alkyl halides is 3. The molecule has 1 aliphatic heterocycles. The van der Waals surface area contributed by atoms with E-state index >= 15 is 0 Å². The number of halogens is 3. The molecule has 0 aromatic heterocycles. The molecule has 0 aromatic rings. The molecule has 1 atom stereocenters. The number of amides is 1. The second kappa shape index (κ2) is 4.14. The molecule has 0 aliphatic carbocycles. The van der Waals surface area contributed by atoms with Crippen LogP contribution in [0.15, 0.2) is 0 Å². The van der Waals surface area contributed by atoms with Crippen LogP contribution in [0.5, 0.6) is 0 Å². The summed E-state index contributed by atoms with van der Waals surface area (Å²) in [6.45, 7) is -0.855. The number of carbonyl (C=O) groups excluding carboxylic acids is 1. The lowest BCUT2D eigenvalue weighted by Crippen LogP contribution is -2.38. The maximum Gasteiger partial charge on any atom is 0.413 e. The summed E-state index contributed by atoms with van der Waals surface area (Å²) >= 11 is 0. The summed E-state index contributed by atoms with van der Waals surface area (Å²) in [6.07, 6.45) is -3.91. The van der Waals surface area contributed by atoms with Crippen LogP contribution >= 0.6 is 0 Å². The molecule has 0 aromatic carbocycles. The second-order valence-electron chi connectivity index (χ2n) is 3.12. The Kier molecular flexibility index (Phi) is 3.33. The summed E-state index contributed by atoms with van der Waals surface area (Å²) < 4.78 is 34.9. The minimum Gasteiger partial charge on any atom is -0.344 e. The Morgan fingerprint density at radius 2 is 2.29 bits per heavy atom. The van der Waals surface area contributed by atoms with Crippen molar-refractivity contribution in [3.05, 3.63) is 0 Å². The summed E-state index contributed by atoms with van der Waals surface area (Å²) in [4.78, 5) is 16.8. The van der Waals surface area contributed by atoms with Gasteiger partial charge in [0, 0.05) is 13.6 Å². The number of likely N-dealkylation sites (N-methyl/N-ethyl adjacent to an activating group) is 1. The number of carbonyl (C=O) groups is 1. The minimum absolute atomic E-state index is 0.243. The number of hydrogen-bond acceptors (Lipinski definition) is 3. The fraction of sp³-hybridized carbons (Fsp3) is 0.857. The predicted octanol–water partition coefficient (Wildman–Crippen LogP) is 0.301. The van der Waals surface area contributed by atoms with E-state index in [2.05, 4.69) is 10.3 Å². The molecule has 1 unspecified atom stereocenters. The number of hydrogen-bond donors (Lipinski definition) is 1. The quantitative estimate of drug-likeness (QED) is 0.684. The van der Waals surface area contributed by atoms with Gasteiger partial charge < -0.3 is 4.90 Å². The van der Waals surface area contributed by atoms with Gasteiger partial charge in [0.15, 0.2) is 6.61 Å². The topological polar surface area (TPSA) is 41.6 Å². The number of likely N-dealkylation sites (tertiary alicyclic amines) is 1. The monoisotopic (exact) mass is 212 g/mol. The van der Waals surface area contributed by atoms with Crippen molar-refractivity contribution in [1.82, 2.24) is 10.4 Å².